The quantitative estimate of drug-likeness (QED) is 0.537. The van der Waals surface area contributed by atoms with E-state index in [0.717, 1.165) is 43.0 Å². The number of amides is 1. The largest absolute Gasteiger partial charge is 0.352 e. The Labute approximate surface area is 180 Å². The van der Waals surface area contributed by atoms with E-state index in [1.165, 1.54) is 28.9 Å². The molecule has 3 heteroatoms. The molecule has 3 aromatic rings. The molecule has 1 aromatic heterocycles. The number of rotatable bonds is 6. The molecule has 156 valence electrons. The van der Waals surface area contributed by atoms with Gasteiger partial charge in [0.2, 0.25) is 0 Å². The van der Waals surface area contributed by atoms with Crippen LogP contribution >= 0.6 is 0 Å². The molecular formula is C27H32N2O. The van der Waals surface area contributed by atoms with E-state index in [4.69, 9.17) is 0 Å². The molecule has 1 aliphatic carbocycles. The first-order valence-corrected chi connectivity index (χ1v) is 11.2. The van der Waals surface area contributed by atoms with Gasteiger partial charge in [0.05, 0.1) is 5.69 Å². The van der Waals surface area contributed by atoms with Gasteiger partial charge in [0.15, 0.2) is 0 Å². The summed E-state index contributed by atoms with van der Waals surface area (Å²) in [5.41, 5.74) is 7.20. The number of nitrogens with zero attached hydrogens (tertiary/aromatic N) is 1. The molecule has 1 heterocycles. The van der Waals surface area contributed by atoms with Gasteiger partial charge in [0.25, 0.3) is 5.91 Å². The molecule has 0 fully saturated rings. The van der Waals surface area contributed by atoms with Crippen molar-refractivity contribution in [2.75, 3.05) is 6.54 Å². The highest BCUT2D eigenvalue weighted by Gasteiger charge is 2.23. The molecule has 0 saturated carbocycles. The van der Waals surface area contributed by atoms with E-state index in [0.29, 0.717) is 5.92 Å². The van der Waals surface area contributed by atoms with E-state index in [9.17, 15) is 4.79 Å². The zero-order chi connectivity index (χ0) is 21.1. The summed E-state index contributed by atoms with van der Waals surface area (Å²) in [5.74, 6) is 1.33. The van der Waals surface area contributed by atoms with Crippen molar-refractivity contribution in [2.24, 2.45) is 11.8 Å². The third-order valence-corrected chi connectivity index (χ3v) is 6.10. The van der Waals surface area contributed by atoms with Gasteiger partial charge in [-0.2, -0.15) is 0 Å². The van der Waals surface area contributed by atoms with Crippen LogP contribution in [0.1, 0.15) is 55.2 Å². The fourth-order valence-electron chi connectivity index (χ4n) is 4.37. The van der Waals surface area contributed by atoms with Crippen molar-refractivity contribution in [1.82, 2.24) is 9.88 Å². The van der Waals surface area contributed by atoms with Gasteiger partial charge in [-0.1, -0.05) is 51.1 Å². The van der Waals surface area contributed by atoms with Crippen molar-refractivity contribution in [3.63, 3.8) is 0 Å². The summed E-state index contributed by atoms with van der Waals surface area (Å²) < 4.78 is 2.40. The normalized spacial score (nSPS) is 15.8. The fraction of sp³-hybridized carbons (Fsp3) is 0.370. The van der Waals surface area contributed by atoms with E-state index >= 15 is 0 Å². The summed E-state index contributed by atoms with van der Waals surface area (Å²) in [6.45, 7) is 7.41. The molecule has 1 aliphatic rings. The third kappa shape index (κ3) is 4.35. The van der Waals surface area contributed by atoms with Crippen LogP contribution in [-0.4, -0.2) is 17.0 Å². The van der Waals surface area contributed by atoms with Crippen molar-refractivity contribution < 1.29 is 4.79 Å². The lowest BCUT2D eigenvalue weighted by Crippen LogP contribution is -2.25. The maximum atomic E-state index is 12.5. The lowest BCUT2D eigenvalue weighted by molar-refractivity contribution is 0.0952. The first-order chi connectivity index (χ1) is 14.5. The van der Waals surface area contributed by atoms with Crippen LogP contribution in [0.4, 0.5) is 0 Å². The Morgan fingerprint density at radius 1 is 1.10 bits per heavy atom. The molecular weight excluding hydrogens is 368 g/mol. The smallest absolute Gasteiger partial charge is 0.251 e. The number of carbonyl (C=O) groups is 1. The predicted molar refractivity (Wildman–Crippen MR) is 124 cm³/mol. The number of fused-ring (bicyclic) bond motifs is 1. The highest BCUT2D eigenvalue weighted by molar-refractivity contribution is 5.94. The maximum Gasteiger partial charge on any atom is 0.251 e. The minimum Gasteiger partial charge on any atom is -0.352 e. The molecule has 1 N–H and O–H groups in total. The zero-order valence-electron chi connectivity index (χ0n) is 18.3. The Kier molecular flexibility index (Phi) is 6.08. The molecule has 3 nitrogen and oxygen atoms in total. The van der Waals surface area contributed by atoms with Crippen LogP contribution in [0.2, 0.25) is 0 Å². The predicted octanol–water partition coefficient (Wildman–Crippen LogP) is 6.05. The number of nitrogens with one attached hydrogen (secondary N) is 1. The summed E-state index contributed by atoms with van der Waals surface area (Å²) in [6, 6.07) is 21.0. The molecule has 0 unspecified atom stereocenters. The van der Waals surface area contributed by atoms with E-state index in [-0.39, 0.29) is 5.91 Å². The monoisotopic (exact) mass is 400 g/mol. The Morgan fingerprint density at radius 2 is 1.83 bits per heavy atom. The minimum atomic E-state index is 0.00819. The SMILES string of the molecule is CC(C)CCNC(=O)c1ccc(-n2c(-c3ccccc3)cc3c2CC[C@@H](C)C3)cc1. The van der Waals surface area contributed by atoms with Crippen LogP contribution < -0.4 is 5.32 Å². The molecule has 0 spiro atoms. The molecule has 2 aromatic carbocycles. The van der Waals surface area contributed by atoms with Crippen molar-refractivity contribution in [3.8, 4) is 16.9 Å². The number of hydrogen-bond donors (Lipinski definition) is 1. The highest BCUT2D eigenvalue weighted by atomic mass is 16.1. The molecule has 1 amide bonds. The lowest BCUT2D eigenvalue weighted by atomic mass is 9.89. The molecule has 30 heavy (non-hydrogen) atoms. The summed E-state index contributed by atoms with van der Waals surface area (Å²) in [5, 5.41) is 3.03. The van der Waals surface area contributed by atoms with E-state index in [1.807, 2.05) is 12.1 Å². The van der Waals surface area contributed by atoms with E-state index in [1.54, 1.807) is 0 Å². The second-order valence-electron chi connectivity index (χ2n) is 9.04. The number of carbonyl (C=O) groups excluding carboxylic acids is 1. The first-order valence-electron chi connectivity index (χ1n) is 11.2. The van der Waals surface area contributed by atoms with Crippen LogP contribution in [-0.2, 0) is 12.8 Å². The molecule has 0 saturated heterocycles. The zero-order valence-corrected chi connectivity index (χ0v) is 18.3. The Bertz CT molecular complexity index is 999. The number of aromatic nitrogens is 1. The van der Waals surface area contributed by atoms with Gasteiger partial charge in [-0.15, -0.1) is 0 Å². The lowest BCUT2D eigenvalue weighted by Gasteiger charge is -2.21. The van der Waals surface area contributed by atoms with Crippen LogP contribution in [0.25, 0.3) is 16.9 Å². The van der Waals surface area contributed by atoms with Crippen molar-refractivity contribution >= 4 is 5.91 Å². The molecule has 0 bridgehead atoms. The van der Waals surface area contributed by atoms with Crippen molar-refractivity contribution in [1.29, 1.82) is 0 Å². The van der Waals surface area contributed by atoms with E-state index in [2.05, 4.69) is 79.2 Å². The number of benzene rings is 2. The molecule has 0 radical (unpaired) electrons. The van der Waals surface area contributed by atoms with Crippen LogP contribution in [0, 0.1) is 11.8 Å². The van der Waals surface area contributed by atoms with Crippen LogP contribution in [0.3, 0.4) is 0 Å². The number of hydrogen-bond acceptors (Lipinski definition) is 1. The summed E-state index contributed by atoms with van der Waals surface area (Å²) in [7, 11) is 0. The summed E-state index contributed by atoms with van der Waals surface area (Å²) in [4.78, 5) is 12.5. The average molecular weight is 401 g/mol. The van der Waals surface area contributed by atoms with Crippen molar-refractivity contribution in [2.45, 2.75) is 46.5 Å². The summed E-state index contributed by atoms with van der Waals surface area (Å²) >= 11 is 0. The molecule has 0 aliphatic heterocycles. The van der Waals surface area contributed by atoms with Gasteiger partial charge < -0.3 is 9.88 Å². The van der Waals surface area contributed by atoms with Gasteiger partial charge in [-0.05, 0) is 79.0 Å². The van der Waals surface area contributed by atoms with Crippen molar-refractivity contribution in [3.05, 3.63) is 77.5 Å². The van der Waals surface area contributed by atoms with Gasteiger partial charge in [-0.3, -0.25) is 4.79 Å². The Hall–Kier alpha value is -2.81. The van der Waals surface area contributed by atoms with Crippen LogP contribution in [0.5, 0.6) is 0 Å². The second-order valence-corrected chi connectivity index (χ2v) is 9.04. The van der Waals surface area contributed by atoms with Crippen LogP contribution in [0.15, 0.2) is 60.7 Å². The highest BCUT2D eigenvalue weighted by Crippen LogP contribution is 2.35. The van der Waals surface area contributed by atoms with Gasteiger partial charge >= 0.3 is 0 Å². The second kappa shape index (κ2) is 8.91. The fourth-order valence-corrected chi connectivity index (χ4v) is 4.37. The maximum absolute atomic E-state index is 12.5. The van der Waals surface area contributed by atoms with Gasteiger partial charge in [0, 0.05) is 23.5 Å². The van der Waals surface area contributed by atoms with Gasteiger partial charge in [-0.25, -0.2) is 0 Å². The van der Waals surface area contributed by atoms with E-state index < -0.39 is 0 Å². The molecule has 4 rings (SSSR count). The topological polar surface area (TPSA) is 34.0 Å². The third-order valence-electron chi connectivity index (χ3n) is 6.10. The Balaban J connectivity index is 1.66. The van der Waals surface area contributed by atoms with Gasteiger partial charge in [0.1, 0.15) is 0 Å². The minimum absolute atomic E-state index is 0.00819. The summed E-state index contributed by atoms with van der Waals surface area (Å²) in [6.07, 6.45) is 4.46. The first kappa shape index (κ1) is 20.5. The standard InChI is InChI=1S/C27H32N2O/c1-19(2)15-16-28-27(30)22-10-12-24(13-11-22)29-25-14-9-20(3)17-23(25)18-26(29)21-7-5-4-6-8-21/h4-8,10-13,18-20H,9,14-17H2,1-3H3,(H,28,30)/t20-/m1/s1. The Morgan fingerprint density at radius 3 is 2.53 bits per heavy atom. The molecule has 1 atom stereocenters. The average Bonchev–Trinajstić information content (AvgIpc) is 3.12.